The largest absolute Gasteiger partial charge is 0.507 e. The molecule has 0 aliphatic heterocycles. The molecular formula is C13H11Cl2N3O2. The first-order valence-electron chi connectivity index (χ1n) is 5.57. The van der Waals surface area contributed by atoms with Crippen LogP contribution in [0.1, 0.15) is 5.56 Å². The van der Waals surface area contributed by atoms with Gasteiger partial charge in [0.25, 0.3) is 0 Å². The summed E-state index contributed by atoms with van der Waals surface area (Å²) in [4.78, 5) is 3.99. The van der Waals surface area contributed by atoms with Crippen molar-refractivity contribution >= 4 is 35.2 Å². The first-order chi connectivity index (χ1) is 9.60. The number of rotatable bonds is 4. The quantitative estimate of drug-likeness (QED) is 0.669. The molecule has 0 saturated heterocycles. The summed E-state index contributed by atoms with van der Waals surface area (Å²) in [6, 6.07) is 6.37. The van der Waals surface area contributed by atoms with Crippen molar-refractivity contribution in [3.63, 3.8) is 0 Å². The Bertz CT molecular complexity index is 648. The summed E-state index contributed by atoms with van der Waals surface area (Å²) in [6.45, 7) is 0. The average Bonchev–Trinajstić information content (AvgIpc) is 2.43. The Morgan fingerprint density at radius 3 is 2.85 bits per heavy atom. The van der Waals surface area contributed by atoms with E-state index >= 15 is 0 Å². The summed E-state index contributed by atoms with van der Waals surface area (Å²) in [5, 5.41) is 14.4. The van der Waals surface area contributed by atoms with Crippen LogP contribution < -0.4 is 10.2 Å². The van der Waals surface area contributed by atoms with Gasteiger partial charge in [-0.25, -0.2) is 4.98 Å². The lowest BCUT2D eigenvalue weighted by atomic mass is 10.2. The van der Waals surface area contributed by atoms with Gasteiger partial charge in [0.15, 0.2) is 5.82 Å². The summed E-state index contributed by atoms with van der Waals surface area (Å²) in [5.74, 6) is 1.08. The third-order valence-corrected chi connectivity index (χ3v) is 2.91. The maximum Gasteiger partial charge on any atom is 0.165 e. The number of ether oxygens (including phenoxy) is 1. The van der Waals surface area contributed by atoms with Crippen LogP contribution in [-0.4, -0.2) is 23.4 Å². The Morgan fingerprint density at radius 1 is 1.35 bits per heavy atom. The van der Waals surface area contributed by atoms with Gasteiger partial charge in [0, 0.05) is 11.8 Å². The van der Waals surface area contributed by atoms with Crippen LogP contribution in [0.4, 0.5) is 5.82 Å². The van der Waals surface area contributed by atoms with Crippen molar-refractivity contribution in [3.05, 3.63) is 46.1 Å². The van der Waals surface area contributed by atoms with Gasteiger partial charge in [-0.3, -0.25) is 5.43 Å². The fourth-order valence-electron chi connectivity index (χ4n) is 1.42. The molecule has 1 aromatic heterocycles. The maximum absolute atomic E-state index is 9.68. The van der Waals surface area contributed by atoms with Crippen molar-refractivity contribution in [2.45, 2.75) is 0 Å². The lowest BCUT2D eigenvalue weighted by molar-refractivity contribution is 0.412. The fourth-order valence-corrected chi connectivity index (χ4v) is 1.85. The molecule has 2 aromatic rings. The van der Waals surface area contributed by atoms with Crippen molar-refractivity contribution in [1.29, 1.82) is 0 Å². The molecule has 104 valence electrons. The lowest BCUT2D eigenvalue weighted by Crippen LogP contribution is -1.95. The number of pyridine rings is 1. The molecule has 0 bridgehead atoms. The van der Waals surface area contributed by atoms with E-state index in [2.05, 4.69) is 15.5 Å². The number of hydrazone groups is 1. The van der Waals surface area contributed by atoms with Crippen molar-refractivity contribution in [2.24, 2.45) is 5.10 Å². The minimum Gasteiger partial charge on any atom is -0.507 e. The van der Waals surface area contributed by atoms with Gasteiger partial charge < -0.3 is 9.84 Å². The van der Waals surface area contributed by atoms with E-state index < -0.39 is 0 Å². The number of hydrogen-bond acceptors (Lipinski definition) is 5. The Kier molecular flexibility index (Phi) is 4.65. The van der Waals surface area contributed by atoms with Gasteiger partial charge in [0.2, 0.25) is 0 Å². The summed E-state index contributed by atoms with van der Waals surface area (Å²) >= 11 is 11.7. The number of halogens is 2. The van der Waals surface area contributed by atoms with Crippen molar-refractivity contribution in [2.75, 3.05) is 12.5 Å². The highest BCUT2D eigenvalue weighted by molar-refractivity contribution is 6.35. The second kappa shape index (κ2) is 6.45. The number of aromatic hydroxyl groups is 1. The SMILES string of the molecule is COc1ccc(O)c(/C=N/Nc2ncc(Cl)cc2Cl)c1. The fraction of sp³-hybridized carbons (Fsp3) is 0.0769. The van der Waals surface area contributed by atoms with Gasteiger partial charge in [-0.2, -0.15) is 5.10 Å². The molecule has 0 aliphatic carbocycles. The first kappa shape index (κ1) is 14.4. The van der Waals surface area contributed by atoms with E-state index in [0.717, 1.165) is 0 Å². The minimum atomic E-state index is 0.0894. The van der Waals surface area contributed by atoms with Gasteiger partial charge in [-0.15, -0.1) is 0 Å². The monoisotopic (exact) mass is 311 g/mol. The van der Waals surface area contributed by atoms with Crippen LogP contribution >= 0.6 is 23.2 Å². The number of anilines is 1. The van der Waals surface area contributed by atoms with E-state index in [1.807, 2.05) is 0 Å². The zero-order chi connectivity index (χ0) is 14.5. The molecule has 0 atom stereocenters. The Hall–Kier alpha value is -1.98. The standard InChI is InChI=1S/C13H11Cl2N3O2/c1-20-10-2-3-12(19)8(4-10)6-17-18-13-11(15)5-9(14)7-16-13/h2-7,19H,1H3,(H,16,18)/b17-6+. The third kappa shape index (κ3) is 3.53. The summed E-state index contributed by atoms with van der Waals surface area (Å²) < 4.78 is 5.07. The summed E-state index contributed by atoms with van der Waals surface area (Å²) in [7, 11) is 1.54. The molecule has 20 heavy (non-hydrogen) atoms. The van der Waals surface area contributed by atoms with Crippen LogP contribution in [0.15, 0.2) is 35.6 Å². The predicted molar refractivity (Wildman–Crippen MR) is 80.1 cm³/mol. The second-order valence-corrected chi connectivity index (χ2v) is 4.62. The smallest absolute Gasteiger partial charge is 0.165 e. The van der Waals surface area contributed by atoms with Crippen LogP contribution in [0.5, 0.6) is 11.5 Å². The van der Waals surface area contributed by atoms with E-state index in [0.29, 0.717) is 27.2 Å². The number of nitrogens with one attached hydrogen (secondary N) is 1. The summed E-state index contributed by atoms with van der Waals surface area (Å²) in [5.41, 5.74) is 3.17. The number of benzene rings is 1. The second-order valence-electron chi connectivity index (χ2n) is 3.78. The first-order valence-corrected chi connectivity index (χ1v) is 6.33. The number of nitrogens with zero attached hydrogens (tertiary/aromatic N) is 2. The van der Waals surface area contributed by atoms with E-state index in [1.54, 1.807) is 25.3 Å². The van der Waals surface area contributed by atoms with Crippen LogP contribution in [-0.2, 0) is 0 Å². The van der Waals surface area contributed by atoms with Crippen LogP contribution in [0.25, 0.3) is 0 Å². The van der Waals surface area contributed by atoms with Crippen LogP contribution in [0, 0.1) is 0 Å². The average molecular weight is 312 g/mol. The minimum absolute atomic E-state index is 0.0894. The highest BCUT2D eigenvalue weighted by Crippen LogP contribution is 2.23. The van der Waals surface area contributed by atoms with Gasteiger partial charge in [0.1, 0.15) is 11.5 Å². The van der Waals surface area contributed by atoms with Gasteiger partial charge >= 0.3 is 0 Å². The maximum atomic E-state index is 9.68. The number of phenolic OH excluding ortho intramolecular Hbond substituents is 1. The van der Waals surface area contributed by atoms with Gasteiger partial charge in [0.05, 0.1) is 23.4 Å². The molecule has 5 nitrogen and oxygen atoms in total. The molecular weight excluding hydrogens is 301 g/mol. The van der Waals surface area contributed by atoms with Crippen molar-refractivity contribution < 1.29 is 9.84 Å². The topological polar surface area (TPSA) is 66.7 Å². The Balaban J connectivity index is 2.13. The lowest BCUT2D eigenvalue weighted by Gasteiger charge is -2.04. The molecule has 0 radical (unpaired) electrons. The molecule has 0 fully saturated rings. The highest BCUT2D eigenvalue weighted by atomic mass is 35.5. The predicted octanol–water partition coefficient (Wildman–Crippen LogP) is 3.55. The van der Waals surface area contributed by atoms with E-state index in [9.17, 15) is 5.11 Å². The molecule has 1 aromatic carbocycles. The highest BCUT2D eigenvalue weighted by Gasteiger charge is 2.02. The molecule has 0 unspecified atom stereocenters. The van der Waals surface area contributed by atoms with E-state index in [4.69, 9.17) is 27.9 Å². The van der Waals surface area contributed by atoms with Crippen molar-refractivity contribution in [3.8, 4) is 11.5 Å². The molecule has 2 N–H and O–H groups in total. The van der Waals surface area contributed by atoms with Crippen molar-refractivity contribution in [1.82, 2.24) is 4.98 Å². The number of hydrogen-bond donors (Lipinski definition) is 2. The molecule has 7 heteroatoms. The zero-order valence-electron chi connectivity index (χ0n) is 10.5. The Labute approximate surface area is 125 Å². The van der Waals surface area contributed by atoms with Crippen LogP contribution in [0.3, 0.4) is 0 Å². The third-order valence-electron chi connectivity index (χ3n) is 2.42. The molecule has 2 rings (SSSR count). The van der Waals surface area contributed by atoms with E-state index in [-0.39, 0.29) is 5.75 Å². The number of methoxy groups -OCH3 is 1. The number of aromatic nitrogens is 1. The zero-order valence-corrected chi connectivity index (χ0v) is 12.0. The molecule has 1 heterocycles. The van der Waals surface area contributed by atoms with Gasteiger partial charge in [-0.05, 0) is 24.3 Å². The molecule has 0 aliphatic rings. The Morgan fingerprint density at radius 2 is 2.15 bits per heavy atom. The molecule has 0 spiro atoms. The number of phenols is 1. The molecule has 0 amide bonds. The summed E-state index contributed by atoms with van der Waals surface area (Å²) in [6.07, 6.45) is 2.89. The molecule has 0 saturated carbocycles. The van der Waals surface area contributed by atoms with Crippen LogP contribution in [0.2, 0.25) is 10.0 Å². The van der Waals surface area contributed by atoms with Gasteiger partial charge in [-0.1, -0.05) is 23.2 Å². The normalized spacial score (nSPS) is 10.8. The van der Waals surface area contributed by atoms with E-state index in [1.165, 1.54) is 18.5 Å².